The Kier molecular flexibility index (Phi) is 4.47. The molecule has 0 radical (unpaired) electrons. The van der Waals surface area contributed by atoms with Gasteiger partial charge in [-0.3, -0.25) is 9.78 Å². The van der Waals surface area contributed by atoms with Crippen LogP contribution in [0.4, 0.5) is 5.82 Å². The van der Waals surface area contributed by atoms with Crippen LogP contribution in [-0.4, -0.2) is 45.4 Å². The number of piperidine rings is 2. The van der Waals surface area contributed by atoms with Gasteiger partial charge in [0.05, 0.1) is 10.2 Å². The van der Waals surface area contributed by atoms with E-state index in [0.29, 0.717) is 13.0 Å². The molecule has 0 bridgehead atoms. The summed E-state index contributed by atoms with van der Waals surface area (Å²) in [7, 11) is 0. The molecule has 0 N–H and O–H groups in total. The van der Waals surface area contributed by atoms with Crippen molar-refractivity contribution in [1.29, 1.82) is 0 Å². The Balaban J connectivity index is 1.38. The first-order chi connectivity index (χ1) is 13.7. The maximum Gasteiger partial charge on any atom is 0.222 e. The number of hydrogen-bond acceptors (Lipinski definition) is 6. The lowest BCUT2D eigenvalue weighted by Gasteiger charge is -2.48. The van der Waals surface area contributed by atoms with Gasteiger partial charge in [-0.25, -0.2) is 9.97 Å². The number of fused-ring (bicyclic) bond motifs is 1. The molecule has 0 aliphatic carbocycles. The van der Waals surface area contributed by atoms with Gasteiger partial charge in [0.25, 0.3) is 0 Å². The Morgan fingerprint density at radius 3 is 3.04 bits per heavy atom. The van der Waals surface area contributed by atoms with E-state index in [1.165, 1.54) is 11.1 Å². The van der Waals surface area contributed by atoms with Crippen LogP contribution < -0.4 is 4.90 Å². The second-order valence-electron chi connectivity index (χ2n) is 7.97. The summed E-state index contributed by atoms with van der Waals surface area (Å²) in [6, 6.07) is 6.03. The number of hydrogen-bond donors (Lipinski definition) is 0. The predicted octanol–water partition coefficient (Wildman–Crippen LogP) is 3.50. The quantitative estimate of drug-likeness (QED) is 0.682. The van der Waals surface area contributed by atoms with Gasteiger partial charge in [-0.15, -0.1) is 11.3 Å². The normalized spacial score (nSPS) is 22.9. The Morgan fingerprint density at radius 2 is 2.14 bits per heavy atom. The highest BCUT2D eigenvalue weighted by molar-refractivity contribution is 7.17. The predicted molar refractivity (Wildman–Crippen MR) is 110 cm³/mol. The molecule has 3 aromatic rings. The topological polar surface area (TPSA) is 62.2 Å². The Bertz CT molecular complexity index is 991. The van der Waals surface area contributed by atoms with Crippen molar-refractivity contribution in [3.05, 3.63) is 47.9 Å². The average molecular weight is 394 g/mol. The zero-order valence-electron chi connectivity index (χ0n) is 15.8. The van der Waals surface area contributed by atoms with E-state index in [0.717, 1.165) is 49.4 Å². The molecule has 2 saturated heterocycles. The first kappa shape index (κ1) is 17.6. The maximum absolute atomic E-state index is 12.6. The Morgan fingerprint density at radius 1 is 1.18 bits per heavy atom. The lowest BCUT2D eigenvalue weighted by Crippen LogP contribution is -2.54. The third-order valence-corrected chi connectivity index (χ3v) is 6.93. The van der Waals surface area contributed by atoms with Gasteiger partial charge in [0, 0.05) is 50.4 Å². The largest absolute Gasteiger partial charge is 0.355 e. The number of pyridine rings is 1. The second kappa shape index (κ2) is 7.13. The SMILES string of the molecule is O=C1CC[C@]2(CCCN(c3ncnc4ccsc34)C2)CN1Cc1cccnc1. The molecule has 7 heteroatoms. The van der Waals surface area contributed by atoms with E-state index < -0.39 is 0 Å². The minimum atomic E-state index is 0.142. The maximum atomic E-state index is 12.6. The molecule has 0 unspecified atom stereocenters. The Labute approximate surface area is 168 Å². The molecule has 0 saturated carbocycles. The standard InChI is InChI=1S/C21H23N5OS/c27-18-4-7-21(14-26(18)12-16-3-1-8-22-11-16)6-2-9-25(13-21)20-19-17(5-10-28-19)23-15-24-20/h1,3,5,8,10-11,15H,2,4,6-7,9,12-14H2/t21-/m0/s1. The van der Waals surface area contributed by atoms with Crippen LogP contribution in [0.15, 0.2) is 42.3 Å². The molecular weight excluding hydrogens is 370 g/mol. The van der Waals surface area contributed by atoms with E-state index in [1.54, 1.807) is 23.9 Å². The number of amides is 1. The van der Waals surface area contributed by atoms with E-state index >= 15 is 0 Å². The summed E-state index contributed by atoms with van der Waals surface area (Å²) in [4.78, 5) is 30.2. The first-order valence-corrected chi connectivity index (χ1v) is 10.7. The van der Waals surface area contributed by atoms with Crippen molar-refractivity contribution in [2.45, 2.75) is 32.2 Å². The van der Waals surface area contributed by atoms with Gasteiger partial charge in [-0.2, -0.15) is 0 Å². The molecule has 6 nitrogen and oxygen atoms in total. The smallest absolute Gasteiger partial charge is 0.222 e. The monoisotopic (exact) mass is 393 g/mol. The fourth-order valence-corrected chi connectivity index (χ4v) is 5.54. The summed E-state index contributed by atoms with van der Waals surface area (Å²) in [6.07, 6.45) is 9.19. The second-order valence-corrected chi connectivity index (χ2v) is 8.88. The lowest BCUT2D eigenvalue weighted by molar-refractivity contribution is -0.138. The number of carbonyl (C=O) groups excluding carboxylic acids is 1. The molecular formula is C21H23N5OS. The van der Waals surface area contributed by atoms with Crippen LogP contribution in [-0.2, 0) is 11.3 Å². The molecule has 0 aromatic carbocycles. The summed E-state index contributed by atoms with van der Waals surface area (Å²) in [5.41, 5.74) is 2.26. The van der Waals surface area contributed by atoms with Gasteiger partial charge in [-0.05, 0) is 42.3 Å². The van der Waals surface area contributed by atoms with Crippen LogP contribution in [0.25, 0.3) is 10.2 Å². The van der Waals surface area contributed by atoms with Crippen molar-refractivity contribution in [1.82, 2.24) is 19.9 Å². The molecule has 1 spiro atoms. The summed E-state index contributed by atoms with van der Waals surface area (Å²) in [5.74, 6) is 1.31. The lowest BCUT2D eigenvalue weighted by atomic mass is 9.73. The van der Waals surface area contributed by atoms with Crippen LogP contribution in [0.3, 0.4) is 0 Å². The highest BCUT2D eigenvalue weighted by Gasteiger charge is 2.42. The van der Waals surface area contributed by atoms with Crippen LogP contribution in [0.5, 0.6) is 0 Å². The number of aromatic nitrogens is 3. The Hall–Kier alpha value is -2.54. The third kappa shape index (κ3) is 3.24. The number of rotatable bonds is 3. The van der Waals surface area contributed by atoms with E-state index in [9.17, 15) is 4.79 Å². The molecule has 2 aliphatic heterocycles. The van der Waals surface area contributed by atoms with E-state index in [1.807, 2.05) is 23.2 Å². The van der Waals surface area contributed by atoms with E-state index in [4.69, 9.17) is 0 Å². The zero-order valence-corrected chi connectivity index (χ0v) is 16.6. The molecule has 144 valence electrons. The van der Waals surface area contributed by atoms with Gasteiger partial charge < -0.3 is 9.80 Å². The summed E-state index contributed by atoms with van der Waals surface area (Å²) >= 11 is 1.71. The molecule has 2 fully saturated rings. The van der Waals surface area contributed by atoms with Crippen molar-refractivity contribution in [3.63, 3.8) is 0 Å². The summed E-state index contributed by atoms with van der Waals surface area (Å²) in [5, 5.41) is 2.08. The number of nitrogens with zero attached hydrogens (tertiary/aromatic N) is 5. The number of carbonyl (C=O) groups is 1. The van der Waals surface area contributed by atoms with Gasteiger partial charge in [0.1, 0.15) is 12.1 Å². The highest BCUT2D eigenvalue weighted by Crippen LogP contribution is 2.41. The molecule has 1 atom stereocenters. The van der Waals surface area contributed by atoms with Crippen molar-refractivity contribution < 1.29 is 4.79 Å². The number of thiophene rings is 1. The molecule has 3 aromatic heterocycles. The van der Waals surface area contributed by atoms with E-state index in [2.05, 4.69) is 31.3 Å². The van der Waals surface area contributed by atoms with Crippen LogP contribution in [0.1, 0.15) is 31.2 Å². The minimum absolute atomic E-state index is 0.142. The number of anilines is 1. The van der Waals surface area contributed by atoms with Crippen LogP contribution >= 0.6 is 11.3 Å². The van der Waals surface area contributed by atoms with E-state index in [-0.39, 0.29) is 11.3 Å². The van der Waals surface area contributed by atoms with Crippen molar-refractivity contribution in [2.24, 2.45) is 5.41 Å². The summed E-state index contributed by atoms with van der Waals surface area (Å²) in [6.45, 7) is 3.43. The fraction of sp³-hybridized carbons (Fsp3) is 0.429. The summed E-state index contributed by atoms with van der Waals surface area (Å²) < 4.78 is 1.17. The first-order valence-electron chi connectivity index (χ1n) is 9.82. The van der Waals surface area contributed by atoms with Crippen LogP contribution in [0.2, 0.25) is 0 Å². The average Bonchev–Trinajstić information content (AvgIpc) is 3.21. The molecule has 5 rings (SSSR count). The van der Waals surface area contributed by atoms with Crippen molar-refractivity contribution in [2.75, 3.05) is 24.5 Å². The zero-order chi connectivity index (χ0) is 19.0. The van der Waals surface area contributed by atoms with Gasteiger partial charge >= 0.3 is 0 Å². The van der Waals surface area contributed by atoms with Gasteiger partial charge in [-0.1, -0.05) is 6.07 Å². The van der Waals surface area contributed by atoms with Crippen LogP contribution in [0, 0.1) is 5.41 Å². The van der Waals surface area contributed by atoms with Gasteiger partial charge in [0.2, 0.25) is 5.91 Å². The highest BCUT2D eigenvalue weighted by atomic mass is 32.1. The fourth-order valence-electron chi connectivity index (χ4n) is 4.68. The van der Waals surface area contributed by atoms with Gasteiger partial charge in [0.15, 0.2) is 0 Å². The molecule has 28 heavy (non-hydrogen) atoms. The minimum Gasteiger partial charge on any atom is -0.355 e. The molecule has 2 aliphatic rings. The third-order valence-electron chi connectivity index (χ3n) is 6.03. The van der Waals surface area contributed by atoms with Crippen molar-refractivity contribution >= 4 is 33.3 Å². The molecule has 1 amide bonds. The molecule has 5 heterocycles. The van der Waals surface area contributed by atoms with Crippen molar-refractivity contribution in [3.8, 4) is 0 Å². The number of likely N-dealkylation sites (tertiary alicyclic amines) is 1.